The Balaban J connectivity index is 2.18. The SMILES string of the molecule is CC(=O)N1CCN(CCOI)CC1. The molecule has 0 bridgehead atoms. The predicted molar refractivity (Wildman–Crippen MR) is 58.7 cm³/mol. The summed E-state index contributed by atoms with van der Waals surface area (Å²) >= 11 is 1.91. The quantitative estimate of drug-likeness (QED) is 0.712. The largest absolute Gasteiger partial charge is 0.340 e. The van der Waals surface area contributed by atoms with E-state index in [1.54, 1.807) is 6.92 Å². The van der Waals surface area contributed by atoms with Crippen molar-refractivity contribution < 1.29 is 7.86 Å². The molecule has 1 amide bonds. The smallest absolute Gasteiger partial charge is 0.219 e. The molecule has 1 heterocycles. The molecule has 0 unspecified atom stereocenters. The minimum absolute atomic E-state index is 0.185. The number of piperazine rings is 1. The van der Waals surface area contributed by atoms with Crippen molar-refractivity contribution in [3.63, 3.8) is 0 Å². The van der Waals surface area contributed by atoms with Crippen LogP contribution in [0.4, 0.5) is 0 Å². The van der Waals surface area contributed by atoms with E-state index in [2.05, 4.69) is 4.90 Å². The highest BCUT2D eigenvalue weighted by Crippen LogP contribution is 2.01. The number of carbonyl (C=O) groups is 1. The highest BCUT2D eigenvalue weighted by atomic mass is 127. The molecule has 0 saturated carbocycles. The van der Waals surface area contributed by atoms with E-state index < -0.39 is 0 Å². The van der Waals surface area contributed by atoms with Crippen molar-refractivity contribution in [3.8, 4) is 0 Å². The fourth-order valence-corrected chi connectivity index (χ4v) is 1.65. The molecule has 0 radical (unpaired) electrons. The van der Waals surface area contributed by atoms with Crippen LogP contribution in [0.2, 0.25) is 0 Å². The van der Waals surface area contributed by atoms with E-state index in [1.807, 2.05) is 27.9 Å². The molecule has 4 nitrogen and oxygen atoms in total. The lowest BCUT2D eigenvalue weighted by atomic mass is 10.3. The summed E-state index contributed by atoms with van der Waals surface area (Å²) in [4.78, 5) is 15.2. The fraction of sp³-hybridized carbons (Fsp3) is 0.875. The zero-order valence-electron chi connectivity index (χ0n) is 7.83. The van der Waals surface area contributed by atoms with Crippen molar-refractivity contribution in [2.45, 2.75) is 6.92 Å². The van der Waals surface area contributed by atoms with Crippen LogP contribution < -0.4 is 0 Å². The van der Waals surface area contributed by atoms with Crippen molar-refractivity contribution in [2.24, 2.45) is 0 Å². The van der Waals surface area contributed by atoms with Gasteiger partial charge in [-0.25, -0.2) is 0 Å². The van der Waals surface area contributed by atoms with E-state index in [-0.39, 0.29) is 5.91 Å². The minimum Gasteiger partial charge on any atom is -0.340 e. The molecule has 0 aliphatic carbocycles. The molecule has 0 N–H and O–H groups in total. The molecule has 0 atom stereocenters. The maximum absolute atomic E-state index is 11.0. The van der Waals surface area contributed by atoms with Gasteiger partial charge in [0.2, 0.25) is 5.91 Å². The highest BCUT2D eigenvalue weighted by Gasteiger charge is 2.17. The van der Waals surface area contributed by atoms with Gasteiger partial charge in [0.25, 0.3) is 0 Å². The Bertz CT molecular complexity index is 170. The van der Waals surface area contributed by atoms with E-state index >= 15 is 0 Å². The molecule has 0 aromatic carbocycles. The average molecular weight is 298 g/mol. The van der Waals surface area contributed by atoms with Gasteiger partial charge in [0.15, 0.2) is 0 Å². The van der Waals surface area contributed by atoms with E-state index in [9.17, 15) is 4.79 Å². The topological polar surface area (TPSA) is 32.8 Å². The molecule has 0 spiro atoms. The Morgan fingerprint density at radius 3 is 2.46 bits per heavy atom. The van der Waals surface area contributed by atoms with Gasteiger partial charge in [-0.1, -0.05) is 0 Å². The van der Waals surface area contributed by atoms with Gasteiger partial charge >= 0.3 is 0 Å². The number of hydrogen-bond acceptors (Lipinski definition) is 3. The maximum Gasteiger partial charge on any atom is 0.219 e. The van der Waals surface area contributed by atoms with Crippen molar-refractivity contribution in [3.05, 3.63) is 0 Å². The van der Waals surface area contributed by atoms with Crippen molar-refractivity contribution in [1.82, 2.24) is 9.80 Å². The Hall–Kier alpha value is 0.120. The number of carbonyl (C=O) groups excluding carboxylic acids is 1. The van der Waals surface area contributed by atoms with Crippen LogP contribution in [-0.4, -0.2) is 55.0 Å². The van der Waals surface area contributed by atoms with Gasteiger partial charge in [0.05, 0.1) is 6.61 Å². The predicted octanol–water partition coefficient (Wildman–Crippen LogP) is 0.517. The van der Waals surface area contributed by atoms with Crippen LogP contribution in [-0.2, 0) is 7.86 Å². The summed E-state index contributed by atoms with van der Waals surface area (Å²) in [5, 5.41) is 0. The monoisotopic (exact) mass is 298 g/mol. The molecule has 13 heavy (non-hydrogen) atoms. The number of rotatable bonds is 3. The van der Waals surface area contributed by atoms with E-state index in [0.717, 1.165) is 39.3 Å². The Morgan fingerprint density at radius 1 is 1.38 bits per heavy atom. The second-order valence-electron chi connectivity index (χ2n) is 3.16. The number of hydrogen-bond donors (Lipinski definition) is 0. The lowest BCUT2D eigenvalue weighted by Crippen LogP contribution is -2.48. The summed E-state index contributed by atoms with van der Waals surface area (Å²) in [7, 11) is 0. The van der Waals surface area contributed by atoms with Gasteiger partial charge in [-0.3, -0.25) is 9.69 Å². The van der Waals surface area contributed by atoms with Gasteiger partial charge in [-0.05, 0) is 0 Å². The Labute approximate surface area is 92.9 Å². The molecule has 0 aromatic heterocycles. The third-order valence-corrected chi connectivity index (χ3v) is 2.74. The molecule has 5 heteroatoms. The third-order valence-electron chi connectivity index (χ3n) is 2.30. The third kappa shape index (κ3) is 3.78. The van der Waals surface area contributed by atoms with Gasteiger partial charge < -0.3 is 7.97 Å². The summed E-state index contributed by atoms with van der Waals surface area (Å²) in [6, 6.07) is 0. The molecule has 1 fully saturated rings. The Kier molecular flexibility index (Phi) is 4.97. The van der Waals surface area contributed by atoms with Crippen LogP contribution in [0, 0.1) is 0 Å². The van der Waals surface area contributed by atoms with Crippen molar-refractivity contribution in [2.75, 3.05) is 39.3 Å². The fourth-order valence-electron chi connectivity index (χ4n) is 1.45. The van der Waals surface area contributed by atoms with Crippen molar-refractivity contribution >= 4 is 28.9 Å². The normalized spacial score (nSPS) is 19.1. The summed E-state index contributed by atoms with van der Waals surface area (Å²) in [5.41, 5.74) is 0. The van der Waals surface area contributed by atoms with Crippen LogP contribution in [0.15, 0.2) is 0 Å². The van der Waals surface area contributed by atoms with Gasteiger partial charge in [-0.2, -0.15) is 0 Å². The maximum atomic E-state index is 11.0. The summed E-state index contributed by atoms with van der Waals surface area (Å²) in [5.74, 6) is 0.185. The van der Waals surface area contributed by atoms with E-state index in [4.69, 9.17) is 3.07 Å². The molecule has 1 saturated heterocycles. The minimum atomic E-state index is 0.185. The number of halogens is 1. The number of nitrogens with zero attached hydrogens (tertiary/aromatic N) is 2. The van der Waals surface area contributed by atoms with Crippen LogP contribution in [0.3, 0.4) is 0 Å². The molecule has 1 aliphatic rings. The first-order valence-corrected chi connectivity index (χ1v) is 5.33. The lowest BCUT2D eigenvalue weighted by Gasteiger charge is -2.33. The standard InChI is InChI=1S/C8H15IN2O2/c1-8(12)11-4-2-10(3-5-11)6-7-13-9/h2-7H2,1H3. The molecule has 0 aromatic rings. The molecule has 1 rings (SSSR count). The molecule has 76 valence electrons. The average Bonchev–Trinajstić information content (AvgIpc) is 2.15. The van der Waals surface area contributed by atoms with Crippen LogP contribution in [0.25, 0.3) is 0 Å². The van der Waals surface area contributed by atoms with Gasteiger partial charge in [-0.15, -0.1) is 0 Å². The van der Waals surface area contributed by atoms with E-state index in [0.29, 0.717) is 0 Å². The zero-order valence-corrected chi connectivity index (χ0v) is 9.99. The van der Waals surface area contributed by atoms with Gasteiger partial charge in [0.1, 0.15) is 23.0 Å². The van der Waals surface area contributed by atoms with Crippen LogP contribution in [0.5, 0.6) is 0 Å². The highest BCUT2D eigenvalue weighted by molar-refractivity contribution is 14.1. The second-order valence-corrected chi connectivity index (χ2v) is 3.78. The first-order valence-electron chi connectivity index (χ1n) is 4.45. The first-order chi connectivity index (χ1) is 6.24. The molecular formula is C8H15IN2O2. The first kappa shape index (κ1) is 11.2. The van der Waals surface area contributed by atoms with Crippen LogP contribution in [0.1, 0.15) is 6.92 Å². The summed E-state index contributed by atoms with van der Waals surface area (Å²) in [6.45, 7) is 7.02. The summed E-state index contributed by atoms with van der Waals surface area (Å²) in [6.07, 6.45) is 0. The molecule has 1 aliphatic heterocycles. The van der Waals surface area contributed by atoms with E-state index in [1.165, 1.54) is 0 Å². The summed E-state index contributed by atoms with van der Waals surface area (Å²) < 4.78 is 4.97. The molecular weight excluding hydrogens is 283 g/mol. The van der Waals surface area contributed by atoms with Crippen molar-refractivity contribution in [1.29, 1.82) is 0 Å². The zero-order chi connectivity index (χ0) is 9.68. The van der Waals surface area contributed by atoms with Crippen LogP contribution >= 0.6 is 23.0 Å². The Morgan fingerprint density at radius 2 is 2.00 bits per heavy atom. The van der Waals surface area contributed by atoms with Gasteiger partial charge in [0, 0.05) is 39.6 Å². The number of amides is 1. The lowest BCUT2D eigenvalue weighted by molar-refractivity contribution is -0.130. The second kappa shape index (κ2) is 5.77.